The van der Waals surface area contributed by atoms with Gasteiger partial charge in [-0.25, -0.2) is 0 Å². The van der Waals surface area contributed by atoms with Crippen molar-refractivity contribution in [2.24, 2.45) is 5.16 Å². The Morgan fingerprint density at radius 3 is 2.63 bits per heavy atom. The Hall–Kier alpha value is -2.09. The molecule has 0 unspecified atom stereocenters. The highest BCUT2D eigenvalue weighted by Crippen LogP contribution is 2.35. The summed E-state index contributed by atoms with van der Waals surface area (Å²) in [4.78, 5) is 5.44. The molecule has 2 nitrogen and oxygen atoms in total. The van der Waals surface area contributed by atoms with Crippen LogP contribution in [0.5, 0.6) is 0 Å². The second-order valence-corrected chi connectivity index (χ2v) is 4.95. The molecule has 0 bridgehead atoms. The van der Waals surface area contributed by atoms with Crippen molar-refractivity contribution in [3.05, 3.63) is 71.3 Å². The lowest BCUT2D eigenvalue weighted by atomic mass is 9.75. The number of benzene rings is 2. The zero-order valence-corrected chi connectivity index (χ0v) is 11.0. The summed E-state index contributed by atoms with van der Waals surface area (Å²) in [5.74, 6) is 0.437. The van der Waals surface area contributed by atoms with Gasteiger partial charge in [0.2, 0.25) is 0 Å². The minimum atomic E-state index is 0.437. The van der Waals surface area contributed by atoms with Gasteiger partial charge in [0, 0.05) is 5.92 Å². The Bertz CT molecular complexity index is 589. The summed E-state index contributed by atoms with van der Waals surface area (Å²) < 4.78 is 0. The first kappa shape index (κ1) is 12.0. The topological polar surface area (TPSA) is 21.6 Å². The molecule has 0 radical (unpaired) electrons. The number of rotatable bonds is 4. The minimum absolute atomic E-state index is 0.437. The van der Waals surface area contributed by atoms with Crippen LogP contribution in [0.15, 0.2) is 59.8 Å². The van der Waals surface area contributed by atoms with Gasteiger partial charge in [-0.15, -0.1) is 0 Å². The molecule has 0 saturated heterocycles. The van der Waals surface area contributed by atoms with E-state index in [4.69, 9.17) is 4.84 Å². The fourth-order valence-electron chi connectivity index (χ4n) is 2.48. The van der Waals surface area contributed by atoms with E-state index in [1.165, 1.54) is 11.1 Å². The molecule has 2 aromatic carbocycles. The predicted octanol–water partition coefficient (Wildman–Crippen LogP) is 3.92. The standard InChI is InChI=1S/C17H17NO/c1-13(17-11-15-9-5-6-10-16(15)17)18-19-12-14-7-3-2-4-8-14/h2-10,17H,11-12H2,1H3/b18-13-/t17-/m0/s1. The molecule has 2 heteroatoms. The summed E-state index contributed by atoms with van der Waals surface area (Å²) in [7, 11) is 0. The van der Waals surface area contributed by atoms with Crippen LogP contribution in [0.4, 0.5) is 0 Å². The van der Waals surface area contributed by atoms with Crippen molar-refractivity contribution >= 4 is 5.71 Å². The molecule has 0 N–H and O–H groups in total. The zero-order valence-electron chi connectivity index (χ0n) is 11.0. The summed E-state index contributed by atoms with van der Waals surface area (Å²) >= 11 is 0. The molecule has 1 aliphatic rings. The zero-order chi connectivity index (χ0) is 13.1. The van der Waals surface area contributed by atoms with E-state index in [1.54, 1.807) is 0 Å². The average molecular weight is 251 g/mol. The third-order valence-corrected chi connectivity index (χ3v) is 3.64. The maximum atomic E-state index is 5.44. The van der Waals surface area contributed by atoms with Crippen LogP contribution in [-0.2, 0) is 17.9 Å². The predicted molar refractivity (Wildman–Crippen MR) is 77.2 cm³/mol. The highest BCUT2D eigenvalue weighted by molar-refractivity contribution is 5.91. The maximum absolute atomic E-state index is 5.44. The summed E-state index contributed by atoms with van der Waals surface area (Å²) in [6.07, 6.45) is 1.08. The van der Waals surface area contributed by atoms with E-state index in [2.05, 4.69) is 29.4 Å². The van der Waals surface area contributed by atoms with Gasteiger partial charge in [0.15, 0.2) is 0 Å². The highest BCUT2D eigenvalue weighted by Gasteiger charge is 2.27. The van der Waals surface area contributed by atoms with Crippen LogP contribution < -0.4 is 0 Å². The van der Waals surface area contributed by atoms with Crippen molar-refractivity contribution in [3.8, 4) is 0 Å². The third-order valence-electron chi connectivity index (χ3n) is 3.64. The Kier molecular flexibility index (Phi) is 3.32. The second-order valence-electron chi connectivity index (χ2n) is 4.95. The monoisotopic (exact) mass is 251 g/mol. The van der Waals surface area contributed by atoms with E-state index in [0.29, 0.717) is 12.5 Å². The maximum Gasteiger partial charge on any atom is 0.142 e. The van der Waals surface area contributed by atoms with Gasteiger partial charge in [0.1, 0.15) is 6.61 Å². The van der Waals surface area contributed by atoms with Crippen molar-refractivity contribution in [2.45, 2.75) is 25.9 Å². The Labute approximate surface area is 113 Å². The van der Waals surface area contributed by atoms with Gasteiger partial charge in [-0.3, -0.25) is 0 Å². The Balaban J connectivity index is 1.60. The summed E-state index contributed by atoms with van der Waals surface area (Å²) in [5, 5.41) is 4.26. The van der Waals surface area contributed by atoms with Gasteiger partial charge < -0.3 is 4.84 Å². The van der Waals surface area contributed by atoms with Gasteiger partial charge in [0.25, 0.3) is 0 Å². The fourth-order valence-corrected chi connectivity index (χ4v) is 2.48. The van der Waals surface area contributed by atoms with Crippen LogP contribution in [0.2, 0.25) is 0 Å². The average Bonchev–Trinajstić information content (AvgIpc) is 2.41. The molecular formula is C17H17NO. The number of hydrogen-bond acceptors (Lipinski definition) is 2. The Morgan fingerprint density at radius 2 is 1.84 bits per heavy atom. The van der Waals surface area contributed by atoms with Crippen molar-refractivity contribution in [1.29, 1.82) is 0 Å². The minimum Gasteiger partial charge on any atom is -0.391 e. The van der Waals surface area contributed by atoms with Crippen molar-refractivity contribution in [3.63, 3.8) is 0 Å². The molecule has 0 aliphatic heterocycles. The molecule has 0 spiro atoms. The summed E-state index contributed by atoms with van der Waals surface area (Å²) in [5.41, 5.74) is 5.04. The largest absolute Gasteiger partial charge is 0.391 e. The van der Waals surface area contributed by atoms with Crippen LogP contribution in [0.3, 0.4) is 0 Å². The molecule has 19 heavy (non-hydrogen) atoms. The van der Waals surface area contributed by atoms with Crippen LogP contribution in [0.1, 0.15) is 29.5 Å². The van der Waals surface area contributed by atoms with Crippen LogP contribution in [-0.4, -0.2) is 5.71 Å². The quantitative estimate of drug-likeness (QED) is 0.596. The molecule has 0 aromatic heterocycles. The third kappa shape index (κ3) is 2.53. The van der Waals surface area contributed by atoms with E-state index in [9.17, 15) is 0 Å². The second kappa shape index (κ2) is 5.27. The number of oxime groups is 1. The lowest BCUT2D eigenvalue weighted by Crippen LogP contribution is -2.23. The SMILES string of the molecule is C/C(=N/OCc1ccccc1)[C@@H]1Cc2ccccc21. The number of fused-ring (bicyclic) bond motifs is 1. The molecule has 0 fully saturated rings. The highest BCUT2D eigenvalue weighted by atomic mass is 16.6. The van der Waals surface area contributed by atoms with E-state index in [0.717, 1.165) is 17.7 Å². The lowest BCUT2D eigenvalue weighted by molar-refractivity contribution is 0.129. The van der Waals surface area contributed by atoms with E-state index in [1.807, 2.05) is 37.3 Å². The molecule has 2 aromatic rings. The van der Waals surface area contributed by atoms with E-state index < -0.39 is 0 Å². The van der Waals surface area contributed by atoms with Gasteiger partial charge in [-0.05, 0) is 30.0 Å². The van der Waals surface area contributed by atoms with Gasteiger partial charge in [-0.1, -0.05) is 59.8 Å². The Morgan fingerprint density at radius 1 is 1.11 bits per heavy atom. The van der Waals surface area contributed by atoms with Crippen LogP contribution in [0, 0.1) is 0 Å². The first-order valence-corrected chi connectivity index (χ1v) is 6.63. The molecule has 0 saturated carbocycles. The van der Waals surface area contributed by atoms with Crippen molar-refractivity contribution in [1.82, 2.24) is 0 Å². The molecule has 1 aliphatic carbocycles. The molecular weight excluding hydrogens is 234 g/mol. The molecule has 0 amide bonds. The number of hydrogen-bond donors (Lipinski definition) is 0. The fraction of sp³-hybridized carbons (Fsp3) is 0.235. The van der Waals surface area contributed by atoms with Crippen LogP contribution in [0.25, 0.3) is 0 Å². The van der Waals surface area contributed by atoms with Gasteiger partial charge in [-0.2, -0.15) is 0 Å². The molecule has 1 atom stereocenters. The lowest BCUT2D eigenvalue weighted by Gasteiger charge is -2.29. The van der Waals surface area contributed by atoms with Crippen LogP contribution >= 0.6 is 0 Å². The van der Waals surface area contributed by atoms with Crippen molar-refractivity contribution in [2.75, 3.05) is 0 Å². The number of nitrogens with zero attached hydrogens (tertiary/aromatic N) is 1. The van der Waals surface area contributed by atoms with Crippen molar-refractivity contribution < 1.29 is 4.84 Å². The van der Waals surface area contributed by atoms with Gasteiger partial charge >= 0.3 is 0 Å². The van der Waals surface area contributed by atoms with E-state index >= 15 is 0 Å². The first-order chi connectivity index (χ1) is 9.34. The molecule has 96 valence electrons. The summed E-state index contributed by atoms with van der Waals surface area (Å²) in [6, 6.07) is 18.7. The van der Waals surface area contributed by atoms with E-state index in [-0.39, 0.29) is 0 Å². The normalized spacial score (nSPS) is 17.5. The smallest absolute Gasteiger partial charge is 0.142 e. The summed E-state index contributed by atoms with van der Waals surface area (Å²) in [6.45, 7) is 2.58. The van der Waals surface area contributed by atoms with Gasteiger partial charge in [0.05, 0.1) is 5.71 Å². The molecule has 0 heterocycles. The molecule has 3 rings (SSSR count). The first-order valence-electron chi connectivity index (χ1n) is 6.63.